The number of para-hydroxylation sites is 1. The number of hydrogen-bond donors (Lipinski definition) is 0. The highest BCUT2D eigenvalue weighted by Gasteiger charge is 2.24. The van der Waals surface area contributed by atoms with E-state index in [0.29, 0.717) is 38.3 Å². The van der Waals surface area contributed by atoms with E-state index in [0.717, 1.165) is 5.56 Å². The molecule has 1 fully saturated rings. The fourth-order valence-electron chi connectivity index (χ4n) is 2.96. The van der Waals surface area contributed by atoms with Gasteiger partial charge in [-0.3, -0.25) is 15.0 Å². The summed E-state index contributed by atoms with van der Waals surface area (Å²) in [6.45, 7) is 3.18. The van der Waals surface area contributed by atoms with Gasteiger partial charge in [-0.25, -0.2) is 4.79 Å². The van der Waals surface area contributed by atoms with Gasteiger partial charge in [-0.1, -0.05) is 48.5 Å². The molecule has 0 aromatic heterocycles. The molecule has 7 nitrogen and oxygen atoms in total. The lowest BCUT2D eigenvalue weighted by molar-refractivity contribution is -0.385. The molecule has 0 spiro atoms. The van der Waals surface area contributed by atoms with E-state index in [4.69, 9.17) is 4.74 Å². The van der Waals surface area contributed by atoms with Crippen molar-refractivity contribution < 1.29 is 14.5 Å². The number of carbonyl (C=O) groups is 1. The molecule has 26 heavy (non-hydrogen) atoms. The van der Waals surface area contributed by atoms with E-state index in [1.54, 1.807) is 23.1 Å². The number of nitrogens with zero attached hydrogens (tertiary/aromatic N) is 3. The number of rotatable bonds is 5. The molecular formula is C19H21N3O4. The van der Waals surface area contributed by atoms with Crippen molar-refractivity contribution >= 4 is 11.8 Å². The number of piperazine rings is 1. The van der Waals surface area contributed by atoms with Gasteiger partial charge >= 0.3 is 6.09 Å². The molecule has 7 heteroatoms. The normalized spacial score (nSPS) is 14.8. The van der Waals surface area contributed by atoms with Crippen LogP contribution in [0.2, 0.25) is 0 Å². The van der Waals surface area contributed by atoms with E-state index in [1.807, 2.05) is 30.3 Å². The zero-order valence-corrected chi connectivity index (χ0v) is 14.4. The second-order valence-electron chi connectivity index (χ2n) is 6.19. The van der Waals surface area contributed by atoms with Crippen LogP contribution >= 0.6 is 0 Å². The summed E-state index contributed by atoms with van der Waals surface area (Å²) in [6, 6.07) is 16.3. The van der Waals surface area contributed by atoms with Crippen LogP contribution in [0.1, 0.15) is 11.1 Å². The summed E-state index contributed by atoms with van der Waals surface area (Å²) < 4.78 is 5.35. The van der Waals surface area contributed by atoms with Crippen LogP contribution in [-0.2, 0) is 17.9 Å². The van der Waals surface area contributed by atoms with Crippen molar-refractivity contribution in [2.75, 3.05) is 26.2 Å². The minimum absolute atomic E-state index is 0.136. The largest absolute Gasteiger partial charge is 0.445 e. The van der Waals surface area contributed by atoms with E-state index < -0.39 is 0 Å². The summed E-state index contributed by atoms with van der Waals surface area (Å²) >= 11 is 0. The molecule has 3 rings (SSSR count). The summed E-state index contributed by atoms with van der Waals surface area (Å²) in [5.41, 5.74) is 1.78. The van der Waals surface area contributed by atoms with E-state index in [2.05, 4.69) is 4.90 Å². The Bertz CT molecular complexity index is 758. The Balaban J connectivity index is 1.48. The third-order valence-corrected chi connectivity index (χ3v) is 4.42. The molecule has 1 amide bonds. The van der Waals surface area contributed by atoms with Crippen LogP contribution in [0, 0.1) is 10.1 Å². The van der Waals surface area contributed by atoms with E-state index in [-0.39, 0.29) is 23.3 Å². The predicted molar refractivity (Wildman–Crippen MR) is 96.6 cm³/mol. The van der Waals surface area contributed by atoms with Crippen molar-refractivity contribution in [1.82, 2.24) is 9.80 Å². The second kappa shape index (κ2) is 8.44. The van der Waals surface area contributed by atoms with Gasteiger partial charge in [0.25, 0.3) is 5.69 Å². The third kappa shape index (κ3) is 4.58. The standard InChI is InChI=1S/C19H21N3O4/c23-19(26-15-16-6-2-1-3-7-16)21-12-10-20(11-13-21)14-17-8-4-5-9-18(17)22(24)25/h1-9H,10-15H2. The summed E-state index contributed by atoms with van der Waals surface area (Å²) in [4.78, 5) is 26.7. The van der Waals surface area contributed by atoms with Crippen molar-refractivity contribution in [3.05, 3.63) is 75.8 Å². The first-order valence-corrected chi connectivity index (χ1v) is 8.54. The lowest BCUT2D eigenvalue weighted by Crippen LogP contribution is -2.48. The highest BCUT2D eigenvalue weighted by Crippen LogP contribution is 2.20. The third-order valence-electron chi connectivity index (χ3n) is 4.42. The molecule has 0 atom stereocenters. The maximum atomic E-state index is 12.2. The number of hydrogen-bond acceptors (Lipinski definition) is 5. The smallest absolute Gasteiger partial charge is 0.410 e. The molecular weight excluding hydrogens is 334 g/mol. The van der Waals surface area contributed by atoms with Gasteiger partial charge in [-0.15, -0.1) is 0 Å². The van der Waals surface area contributed by atoms with Gasteiger partial charge < -0.3 is 9.64 Å². The van der Waals surface area contributed by atoms with Gasteiger partial charge in [0.15, 0.2) is 0 Å². The van der Waals surface area contributed by atoms with Gasteiger partial charge in [-0.2, -0.15) is 0 Å². The Morgan fingerprint density at radius 2 is 1.65 bits per heavy atom. The number of amides is 1. The maximum Gasteiger partial charge on any atom is 0.410 e. The van der Waals surface area contributed by atoms with Gasteiger partial charge in [0.05, 0.1) is 4.92 Å². The quantitative estimate of drug-likeness (QED) is 0.609. The van der Waals surface area contributed by atoms with Crippen molar-refractivity contribution in [2.45, 2.75) is 13.2 Å². The van der Waals surface area contributed by atoms with Gasteiger partial charge in [0, 0.05) is 44.4 Å². The van der Waals surface area contributed by atoms with E-state index in [9.17, 15) is 14.9 Å². The molecule has 0 unspecified atom stereocenters. The summed E-state index contributed by atoms with van der Waals surface area (Å²) in [7, 11) is 0. The number of carbonyl (C=O) groups excluding carboxylic acids is 1. The molecule has 0 saturated carbocycles. The van der Waals surface area contributed by atoms with Crippen LogP contribution in [0.3, 0.4) is 0 Å². The molecule has 136 valence electrons. The minimum Gasteiger partial charge on any atom is -0.445 e. The van der Waals surface area contributed by atoms with Gasteiger partial charge in [-0.05, 0) is 5.56 Å². The topological polar surface area (TPSA) is 75.9 Å². The van der Waals surface area contributed by atoms with Crippen LogP contribution in [-0.4, -0.2) is 47.0 Å². The van der Waals surface area contributed by atoms with Crippen LogP contribution < -0.4 is 0 Å². The average molecular weight is 355 g/mol. The SMILES string of the molecule is O=C(OCc1ccccc1)N1CCN(Cc2ccccc2[N+](=O)[O-])CC1. The van der Waals surface area contributed by atoms with Crippen molar-refractivity contribution in [2.24, 2.45) is 0 Å². The number of ether oxygens (including phenoxy) is 1. The van der Waals surface area contributed by atoms with Crippen LogP contribution in [0.25, 0.3) is 0 Å². The molecule has 1 heterocycles. The molecule has 0 N–H and O–H groups in total. The molecule has 0 aliphatic carbocycles. The number of benzene rings is 2. The first kappa shape index (κ1) is 17.9. The first-order chi connectivity index (χ1) is 12.6. The monoisotopic (exact) mass is 355 g/mol. The van der Waals surface area contributed by atoms with Crippen LogP contribution in [0.15, 0.2) is 54.6 Å². The second-order valence-corrected chi connectivity index (χ2v) is 6.19. The average Bonchev–Trinajstić information content (AvgIpc) is 2.68. The van der Waals surface area contributed by atoms with Gasteiger partial charge in [0.1, 0.15) is 6.61 Å². The predicted octanol–water partition coefficient (Wildman–Crippen LogP) is 3.05. The minimum atomic E-state index is -0.355. The lowest BCUT2D eigenvalue weighted by atomic mass is 10.1. The van der Waals surface area contributed by atoms with Crippen LogP contribution in [0.4, 0.5) is 10.5 Å². The summed E-state index contributed by atoms with van der Waals surface area (Å²) in [5, 5.41) is 11.1. The Morgan fingerprint density at radius 3 is 2.35 bits per heavy atom. The zero-order valence-electron chi connectivity index (χ0n) is 14.4. The van der Waals surface area contributed by atoms with Crippen molar-refractivity contribution in [3.63, 3.8) is 0 Å². The molecule has 0 radical (unpaired) electrons. The van der Waals surface area contributed by atoms with E-state index >= 15 is 0 Å². The summed E-state index contributed by atoms with van der Waals surface area (Å²) in [6.07, 6.45) is -0.320. The Morgan fingerprint density at radius 1 is 1.00 bits per heavy atom. The fourth-order valence-corrected chi connectivity index (χ4v) is 2.96. The Labute approximate surface area is 151 Å². The maximum absolute atomic E-state index is 12.2. The highest BCUT2D eigenvalue weighted by molar-refractivity contribution is 5.67. The fraction of sp³-hybridized carbons (Fsp3) is 0.316. The van der Waals surface area contributed by atoms with Crippen molar-refractivity contribution in [1.29, 1.82) is 0 Å². The molecule has 1 aliphatic heterocycles. The van der Waals surface area contributed by atoms with E-state index in [1.165, 1.54) is 6.07 Å². The van der Waals surface area contributed by atoms with Crippen molar-refractivity contribution in [3.8, 4) is 0 Å². The molecule has 2 aromatic carbocycles. The highest BCUT2D eigenvalue weighted by atomic mass is 16.6. The Kier molecular flexibility index (Phi) is 5.80. The van der Waals surface area contributed by atoms with Crippen LogP contribution in [0.5, 0.6) is 0 Å². The van der Waals surface area contributed by atoms with Gasteiger partial charge in [0.2, 0.25) is 0 Å². The number of nitro benzene ring substituents is 1. The summed E-state index contributed by atoms with van der Waals surface area (Å²) in [5.74, 6) is 0. The molecule has 0 bridgehead atoms. The lowest BCUT2D eigenvalue weighted by Gasteiger charge is -2.34. The zero-order chi connectivity index (χ0) is 18.4. The molecule has 1 aliphatic rings. The Hall–Kier alpha value is -2.93. The first-order valence-electron chi connectivity index (χ1n) is 8.54. The molecule has 2 aromatic rings. The molecule has 1 saturated heterocycles. The number of nitro groups is 1.